The van der Waals surface area contributed by atoms with E-state index in [2.05, 4.69) is 30.1 Å². The Balaban J connectivity index is 1.48. The second-order valence-corrected chi connectivity index (χ2v) is 7.12. The summed E-state index contributed by atoms with van der Waals surface area (Å²) in [6, 6.07) is 22.3. The van der Waals surface area contributed by atoms with Crippen molar-refractivity contribution in [1.82, 2.24) is 4.98 Å². The third-order valence-corrected chi connectivity index (χ3v) is 5.12. The number of rotatable bonds is 6. The molecule has 0 aliphatic heterocycles. The van der Waals surface area contributed by atoms with E-state index in [1.165, 1.54) is 5.56 Å². The van der Waals surface area contributed by atoms with E-state index in [9.17, 15) is 4.79 Å². The molecule has 146 valence electrons. The molecule has 0 saturated carbocycles. The number of carbonyl (C=O) groups is 1. The highest BCUT2D eigenvalue weighted by Gasteiger charge is 2.17. The molecule has 0 aliphatic carbocycles. The number of fused-ring (bicyclic) bond motifs is 1. The van der Waals surface area contributed by atoms with Crippen LogP contribution in [-0.2, 0) is 11.2 Å². The maximum Gasteiger partial charge on any atom is 0.227 e. The second-order valence-electron chi connectivity index (χ2n) is 7.12. The molecule has 3 aromatic carbocycles. The van der Waals surface area contributed by atoms with Gasteiger partial charge in [-0.1, -0.05) is 66.2 Å². The Labute approximate surface area is 170 Å². The first kappa shape index (κ1) is 18.9. The van der Waals surface area contributed by atoms with Crippen LogP contribution in [0, 0.1) is 6.92 Å². The van der Waals surface area contributed by atoms with Gasteiger partial charge in [0.2, 0.25) is 5.91 Å². The van der Waals surface area contributed by atoms with Gasteiger partial charge in [0, 0.05) is 30.3 Å². The third-order valence-electron chi connectivity index (χ3n) is 5.12. The molecule has 1 aromatic heterocycles. The number of aromatic nitrogens is 1. The van der Waals surface area contributed by atoms with Crippen molar-refractivity contribution in [3.63, 3.8) is 0 Å². The van der Waals surface area contributed by atoms with Crippen LogP contribution in [0.3, 0.4) is 0 Å². The molecule has 0 fully saturated rings. The van der Waals surface area contributed by atoms with Crippen LogP contribution in [0.5, 0.6) is 0 Å². The molecule has 0 bridgehead atoms. The monoisotopic (exact) mass is 384 g/mol. The number of hydrogen-bond acceptors (Lipinski definition) is 3. The van der Waals surface area contributed by atoms with Gasteiger partial charge in [-0.05, 0) is 25.3 Å². The Morgan fingerprint density at radius 1 is 1.00 bits per heavy atom. The molecule has 4 heteroatoms. The summed E-state index contributed by atoms with van der Waals surface area (Å²) in [5, 5.41) is 2.22. The van der Waals surface area contributed by atoms with Gasteiger partial charge in [-0.25, -0.2) is 4.98 Å². The van der Waals surface area contributed by atoms with Crippen LogP contribution in [0.1, 0.15) is 24.8 Å². The largest absolute Gasteiger partial charge is 0.441 e. The molecule has 0 spiro atoms. The van der Waals surface area contributed by atoms with Gasteiger partial charge in [0.15, 0.2) is 11.7 Å². The highest BCUT2D eigenvalue weighted by molar-refractivity contribution is 6.03. The number of oxazole rings is 1. The van der Waals surface area contributed by atoms with Crippen molar-refractivity contribution in [2.75, 3.05) is 11.4 Å². The molecule has 1 amide bonds. The van der Waals surface area contributed by atoms with Gasteiger partial charge in [-0.15, -0.1) is 0 Å². The van der Waals surface area contributed by atoms with Crippen molar-refractivity contribution >= 4 is 22.4 Å². The van der Waals surface area contributed by atoms with E-state index in [0.29, 0.717) is 25.3 Å². The van der Waals surface area contributed by atoms with Crippen molar-refractivity contribution in [3.8, 4) is 11.3 Å². The number of nitrogens with zero attached hydrogens (tertiary/aromatic N) is 2. The van der Waals surface area contributed by atoms with Crippen molar-refractivity contribution in [3.05, 3.63) is 84.4 Å². The number of benzene rings is 3. The molecule has 1 heterocycles. The topological polar surface area (TPSA) is 46.3 Å². The number of aryl methyl sites for hydroxylation is 2. The molecule has 4 rings (SSSR count). The molecule has 4 nitrogen and oxygen atoms in total. The minimum absolute atomic E-state index is 0.0685. The number of anilines is 1. The Morgan fingerprint density at radius 2 is 1.76 bits per heavy atom. The SMILES string of the molecule is CCN(C(=O)CCc1ncc(-c2ccc(C)cc2)o1)c1cccc2ccccc12. The standard InChI is InChI=1S/C25H24N2O2/c1-3-27(22-10-6-8-19-7-4-5-9-21(19)22)25(28)16-15-24-26-17-23(29-24)20-13-11-18(2)12-14-20/h4-14,17H,3,15-16H2,1-2H3. The lowest BCUT2D eigenvalue weighted by Gasteiger charge is -2.22. The summed E-state index contributed by atoms with van der Waals surface area (Å²) < 4.78 is 5.87. The number of amides is 1. The minimum Gasteiger partial charge on any atom is -0.441 e. The van der Waals surface area contributed by atoms with Crippen molar-refractivity contribution in [1.29, 1.82) is 0 Å². The van der Waals surface area contributed by atoms with E-state index in [1.54, 1.807) is 6.20 Å². The zero-order valence-electron chi connectivity index (χ0n) is 16.8. The molecule has 0 radical (unpaired) electrons. The lowest BCUT2D eigenvalue weighted by Crippen LogP contribution is -2.31. The van der Waals surface area contributed by atoms with Crippen LogP contribution in [0.25, 0.3) is 22.1 Å². The fraction of sp³-hybridized carbons (Fsp3) is 0.200. The molecule has 0 aliphatic rings. The lowest BCUT2D eigenvalue weighted by atomic mass is 10.1. The van der Waals surface area contributed by atoms with Crippen LogP contribution in [-0.4, -0.2) is 17.4 Å². The highest BCUT2D eigenvalue weighted by atomic mass is 16.4. The van der Waals surface area contributed by atoms with Gasteiger partial charge in [-0.2, -0.15) is 0 Å². The van der Waals surface area contributed by atoms with Crippen LogP contribution >= 0.6 is 0 Å². The normalized spacial score (nSPS) is 11.0. The van der Waals surface area contributed by atoms with E-state index >= 15 is 0 Å². The van der Waals surface area contributed by atoms with Crippen molar-refractivity contribution in [2.45, 2.75) is 26.7 Å². The van der Waals surface area contributed by atoms with Gasteiger partial charge >= 0.3 is 0 Å². The van der Waals surface area contributed by atoms with Gasteiger partial charge in [0.05, 0.1) is 11.9 Å². The first-order chi connectivity index (χ1) is 14.2. The van der Waals surface area contributed by atoms with Crippen molar-refractivity contribution in [2.24, 2.45) is 0 Å². The first-order valence-corrected chi connectivity index (χ1v) is 9.95. The number of hydrogen-bond donors (Lipinski definition) is 0. The minimum atomic E-state index is 0.0685. The Morgan fingerprint density at radius 3 is 2.55 bits per heavy atom. The Hall–Kier alpha value is -3.40. The predicted molar refractivity (Wildman–Crippen MR) is 117 cm³/mol. The van der Waals surface area contributed by atoms with Gasteiger partial charge in [-0.3, -0.25) is 4.79 Å². The predicted octanol–water partition coefficient (Wildman–Crippen LogP) is 5.79. The summed E-state index contributed by atoms with van der Waals surface area (Å²) in [5.74, 6) is 1.38. The van der Waals surface area contributed by atoms with Gasteiger partial charge in [0.25, 0.3) is 0 Å². The summed E-state index contributed by atoms with van der Waals surface area (Å²) in [5.41, 5.74) is 3.14. The highest BCUT2D eigenvalue weighted by Crippen LogP contribution is 2.27. The number of carbonyl (C=O) groups excluding carboxylic acids is 1. The quantitative estimate of drug-likeness (QED) is 0.423. The first-order valence-electron chi connectivity index (χ1n) is 9.95. The molecule has 0 unspecified atom stereocenters. The summed E-state index contributed by atoms with van der Waals surface area (Å²) in [7, 11) is 0. The Bertz CT molecular complexity index is 1120. The average Bonchev–Trinajstić information content (AvgIpc) is 3.22. The van der Waals surface area contributed by atoms with E-state index in [-0.39, 0.29) is 5.91 Å². The molecule has 4 aromatic rings. The summed E-state index contributed by atoms with van der Waals surface area (Å²) >= 11 is 0. The van der Waals surface area contributed by atoms with E-state index in [4.69, 9.17) is 4.42 Å². The lowest BCUT2D eigenvalue weighted by molar-refractivity contribution is -0.118. The fourth-order valence-electron chi connectivity index (χ4n) is 3.55. The molecule has 0 atom stereocenters. The maximum atomic E-state index is 13.0. The van der Waals surface area contributed by atoms with Crippen molar-refractivity contribution < 1.29 is 9.21 Å². The molecular weight excluding hydrogens is 360 g/mol. The van der Waals surface area contributed by atoms with Crippen LogP contribution in [0.2, 0.25) is 0 Å². The third kappa shape index (κ3) is 4.06. The summed E-state index contributed by atoms with van der Waals surface area (Å²) in [6.45, 7) is 4.67. The summed E-state index contributed by atoms with van der Waals surface area (Å²) in [6.07, 6.45) is 2.56. The van der Waals surface area contributed by atoms with Gasteiger partial charge < -0.3 is 9.32 Å². The maximum absolute atomic E-state index is 13.0. The molecule has 29 heavy (non-hydrogen) atoms. The summed E-state index contributed by atoms with van der Waals surface area (Å²) in [4.78, 5) is 19.2. The Kier molecular flexibility index (Phi) is 5.43. The fourth-order valence-corrected chi connectivity index (χ4v) is 3.55. The smallest absolute Gasteiger partial charge is 0.227 e. The van der Waals surface area contributed by atoms with E-state index in [0.717, 1.165) is 27.8 Å². The van der Waals surface area contributed by atoms with Crippen LogP contribution in [0.4, 0.5) is 5.69 Å². The molecule has 0 saturated heterocycles. The molecular formula is C25H24N2O2. The van der Waals surface area contributed by atoms with Crippen LogP contribution in [0.15, 0.2) is 77.3 Å². The van der Waals surface area contributed by atoms with E-state index in [1.807, 2.05) is 60.4 Å². The zero-order chi connectivity index (χ0) is 20.2. The van der Waals surface area contributed by atoms with Gasteiger partial charge in [0.1, 0.15) is 0 Å². The van der Waals surface area contributed by atoms with Crippen LogP contribution < -0.4 is 4.90 Å². The average molecular weight is 384 g/mol. The van der Waals surface area contributed by atoms with E-state index < -0.39 is 0 Å². The molecule has 0 N–H and O–H groups in total. The zero-order valence-corrected chi connectivity index (χ0v) is 16.8. The second kappa shape index (κ2) is 8.31.